The van der Waals surface area contributed by atoms with E-state index < -0.39 is 10.0 Å². The van der Waals surface area contributed by atoms with Gasteiger partial charge in [0.2, 0.25) is 15.9 Å². The third-order valence-corrected chi connectivity index (χ3v) is 8.36. The zero-order valence-electron chi connectivity index (χ0n) is 16.6. The Kier molecular flexibility index (Phi) is 7.40. The number of unbranched alkanes of at least 4 members (excludes halogenated alkanes) is 1. The molecule has 2 atom stereocenters. The van der Waals surface area contributed by atoms with Crippen molar-refractivity contribution in [1.29, 1.82) is 0 Å². The van der Waals surface area contributed by atoms with Gasteiger partial charge in [0.1, 0.15) is 0 Å². The van der Waals surface area contributed by atoms with Crippen LogP contribution in [0.1, 0.15) is 58.3 Å². The number of halogens is 1. The number of carbonyl (C=O) groups is 1. The maximum atomic E-state index is 12.8. The van der Waals surface area contributed by atoms with Crippen LogP contribution >= 0.6 is 11.6 Å². The molecule has 0 bridgehead atoms. The van der Waals surface area contributed by atoms with Gasteiger partial charge in [0.05, 0.1) is 4.90 Å². The summed E-state index contributed by atoms with van der Waals surface area (Å²) in [5, 5.41) is 3.79. The van der Waals surface area contributed by atoms with Crippen molar-refractivity contribution < 1.29 is 13.2 Å². The molecule has 0 aromatic heterocycles. The second-order valence-electron chi connectivity index (χ2n) is 8.08. The fourth-order valence-corrected chi connectivity index (χ4v) is 6.05. The van der Waals surface area contributed by atoms with Crippen molar-refractivity contribution in [2.45, 2.75) is 69.2 Å². The van der Waals surface area contributed by atoms with E-state index in [1.54, 1.807) is 12.1 Å². The number of hydrogen-bond donors (Lipinski definition) is 1. The molecule has 2 unspecified atom stereocenters. The number of amides is 1. The average molecular weight is 427 g/mol. The van der Waals surface area contributed by atoms with Crippen LogP contribution in [0, 0.1) is 11.8 Å². The van der Waals surface area contributed by atoms with Gasteiger partial charge in [-0.05, 0) is 62.3 Å². The average Bonchev–Trinajstić information content (AvgIpc) is 3.13. The number of carbonyl (C=O) groups excluding carboxylic acids is 1. The highest BCUT2D eigenvalue weighted by atomic mass is 35.5. The molecule has 2 fully saturated rings. The monoisotopic (exact) mass is 426 g/mol. The highest BCUT2D eigenvalue weighted by Gasteiger charge is 2.34. The molecule has 1 aliphatic heterocycles. The summed E-state index contributed by atoms with van der Waals surface area (Å²) in [5.41, 5.74) is 0. The number of rotatable bonds is 7. The van der Waals surface area contributed by atoms with Crippen LogP contribution in [-0.2, 0) is 14.8 Å². The number of benzene rings is 1. The van der Waals surface area contributed by atoms with E-state index in [-0.39, 0.29) is 16.7 Å². The standard InChI is InChI=1S/C21H31ClN2O3S/c1-2-3-5-16-6-4-7-20(16)23-21(25)17-12-14-24(15-13-17)28(26,27)19-10-8-18(22)9-11-19/h8-11,16-17,20H,2-7,12-15H2,1H3,(H,23,25). The molecule has 1 aromatic rings. The number of sulfonamides is 1. The summed E-state index contributed by atoms with van der Waals surface area (Å²) in [6.45, 7) is 2.97. The first-order valence-electron chi connectivity index (χ1n) is 10.5. The van der Waals surface area contributed by atoms with Crippen LogP contribution in [-0.4, -0.2) is 37.8 Å². The first kappa shape index (κ1) is 21.6. The summed E-state index contributed by atoms with van der Waals surface area (Å²) < 4.78 is 27.0. The lowest BCUT2D eigenvalue weighted by molar-refractivity contribution is -0.127. The largest absolute Gasteiger partial charge is 0.353 e. The van der Waals surface area contributed by atoms with Gasteiger partial charge in [0.15, 0.2) is 0 Å². The molecule has 0 spiro atoms. The maximum absolute atomic E-state index is 12.8. The van der Waals surface area contributed by atoms with Crippen molar-refractivity contribution in [3.8, 4) is 0 Å². The predicted molar refractivity (Wildman–Crippen MR) is 112 cm³/mol. The van der Waals surface area contributed by atoms with Gasteiger partial charge in [-0.3, -0.25) is 4.79 Å². The van der Waals surface area contributed by atoms with Crippen LogP contribution in [0.2, 0.25) is 5.02 Å². The van der Waals surface area contributed by atoms with Crippen LogP contribution in [0.5, 0.6) is 0 Å². The zero-order chi connectivity index (χ0) is 20.1. The SMILES string of the molecule is CCCCC1CCCC1NC(=O)C1CCN(S(=O)(=O)c2ccc(Cl)cc2)CC1. The molecule has 1 N–H and O–H groups in total. The lowest BCUT2D eigenvalue weighted by Crippen LogP contribution is -2.46. The van der Waals surface area contributed by atoms with Crippen LogP contribution in [0.15, 0.2) is 29.2 Å². The molecule has 3 rings (SSSR count). The molecular formula is C21H31ClN2O3S. The van der Waals surface area contributed by atoms with Gasteiger partial charge >= 0.3 is 0 Å². The highest BCUT2D eigenvalue weighted by Crippen LogP contribution is 2.31. The third-order valence-electron chi connectivity index (χ3n) is 6.19. The second kappa shape index (κ2) is 9.59. The van der Waals surface area contributed by atoms with Crippen LogP contribution in [0.25, 0.3) is 0 Å². The molecule has 1 saturated heterocycles. The summed E-state index contributed by atoms with van der Waals surface area (Å²) in [6.07, 6.45) is 8.23. The maximum Gasteiger partial charge on any atom is 0.243 e. The zero-order valence-corrected chi connectivity index (χ0v) is 18.1. The van der Waals surface area contributed by atoms with Gasteiger partial charge in [-0.1, -0.05) is 37.8 Å². The van der Waals surface area contributed by atoms with Gasteiger partial charge in [-0.2, -0.15) is 4.31 Å². The quantitative estimate of drug-likeness (QED) is 0.709. The molecule has 1 heterocycles. The number of hydrogen-bond acceptors (Lipinski definition) is 3. The predicted octanol–water partition coefficient (Wildman–Crippen LogP) is 4.22. The van der Waals surface area contributed by atoms with Crippen molar-refractivity contribution in [2.75, 3.05) is 13.1 Å². The molecule has 1 aromatic carbocycles. The van der Waals surface area contributed by atoms with Crippen molar-refractivity contribution in [3.63, 3.8) is 0 Å². The van der Waals surface area contributed by atoms with Gasteiger partial charge in [-0.25, -0.2) is 8.42 Å². The summed E-state index contributed by atoms with van der Waals surface area (Å²) in [5.74, 6) is 0.621. The fraction of sp³-hybridized carbons (Fsp3) is 0.667. The molecule has 7 heteroatoms. The van der Waals surface area contributed by atoms with Crippen molar-refractivity contribution >= 4 is 27.5 Å². The van der Waals surface area contributed by atoms with Gasteiger partial charge in [0.25, 0.3) is 0 Å². The topological polar surface area (TPSA) is 66.5 Å². The van der Waals surface area contributed by atoms with Crippen LogP contribution in [0.3, 0.4) is 0 Å². The molecule has 1 amide bonds. The first-order valence-corrected chi connectivity index (χ1v) is 12.3. The Hall–Kier alpha value is -1.11. The second-order valence-corrected chi connectivity index (χ2v) is 10.5. The van der Waals surface area contributed by atoms with Crippen molar-refractivity contribution in [1.82, 2.24) is 9.62 Å². The Morgan fingerprint density at radius 2 is 1.82 bits per heavy atom. The van der Waals surface area contributed by atoms with Crippen molar-refractivity contribution in [2.24, 2.45) is 11.8 Å². The Balaban J connectivity index is 1.53. The summed E-state index contributed by atoms with van der Waals surface area (Å²) in [7, 11) is -3.53. The minimum Gasteiger partial charge on any atom is -0.353 e. The molecule has 28 heavy (non-hydrogen) atoms. The van der Waals surface area contributed by atoms with Crippen LogP contribution in [0.4, 0.5) is 0 Å². The Morgan fingerprint density at radius 3 is 2.46 bits per heavy atom. The fourth-order valence-electron chi connectivity index (χ4n) is 4.45. The number of nitrogens with one attached hydrogen (secondary N) is 1. The lowest BCUT2D eigenvalue weighted by Gasteiger charge is -2.32. The van der Waals surface area contributed by atoms with E-state index >= 15 is 0 Å². The molecule has 2 aliphatic rings. The normalized spacial score (nSPS) is 24.4. The van der Waals surface area contributed by atoms with E-state index in [4.69, 9.17) is 11.6 Å². The Bertz CT molecular complexity index is 758. The van der Waals surface area contributed by atoms with E-state index in [1.165, 1.54) is 48.5 Å². The van der Waals surface area contributed by atoms with E-state index in [2.05, 4.69) is 12.2 Å². The van der Waals surface area contributed by atoms with E-state index in [9.17, 15) is 13.2 Å². The smallest absolute Gasteiger partial charge is 0.243 e. The summed E-state index contributed by atoms with van der Waals surface area (Å²) in [4.78, 5) is 13.0. The van der Waals surface area contributed by atoms with E-state index in [0.717, 1.165) is 6.42 Å². The molecule has 156 valence electrons. The Labute approximate surface area is 173 Å². The number of nitrogens with zero attached hydrogens (tertiary/aromatic N) is 1. The third kappa shape index (κ3) is 5.08. The summed E-state index contributed by atoms with van der Waals surface area (Å²) in [6, 6.07) is 6.55. The van der Waals surface area contributed by atoms with Gasteiger partial charge in [0, 0.05) is 30.1 Å². The van der Waals surface area contributed by atoms with Crippen LogP contribution < -0.4 is 5.32 Å². The van der Waals surface area contributed by atoms with Gasteiger partial charge in [-0.15, -0.1) is 0 Å². The van der Waals surface area contributed by atoms with Crippen molar-refractivity contribution in [3.05, 3.63) is 29.3 Å². The van der Waals surface area contributed by atoms with E-state index in [1.807, 2.05) is 0 Å². The Morgan fingerprint density at radius 1 is 1.14 bits per heavy atom. The summed E-state index contributed by atoms with van der Waals surface area (Å²) >= 11 is 5.86. The molecule has 5 nitrogen and oxygen atoms in total. The minimum atomic E-state index is -3.53. The molecule has 1 saturated carbocycles. The van der Waals surface area contributed by atoms with E-state index in [0.29, 0.717) is 42.9 Å². The highest BCUT2D eigenvalue weighted by molar-refractivity contribution is 7.89. The lowest BCUT2D eigenvalue weighted by atomic mass is 9.94. The number of piperidine rings is 1. The molecule has 0 radical (unpaired) electrons. The molecular weight excluding hydrogens is 396 g/mol. The van der Waals surface area contributed by atoms with Gasteiger partial charge < -0.3 is 5.32 Å². The first-order chi connectivity index (χ1) is 13.4. The molecule has 1 aliphatic carbocycles. The minimum absolute atomic E-state index is 0.0934.